The van der Waals surface area contributed by atoms with Gasteiger partial charge in [-0.3, -0.25) is 4.79 Å². The number of rotatable bonds is 4. The first-order valence-electron chi connectivity index (χ1n) is 6.04. The third-order valence-electron chi connectivity index (χ3n) is 2.61. The number of para-hydroxylation sites is 1. The molecule has 1 N–H and O–H groups in total. The minimum absolute atomic E-state index is 0.227. The predicted molar refractivity (Wildman–Crippen MR) is 84.3 cm³/mol. The first-order valence-corrected chi connectivity index (χ1v) is 7.21. The second-order valence-corrected chi connectivity index (χ2v) is 5.51. The summed E-state index contributed by atoms with van der Waals surface area (Å²) in [5.41, 5.74) is 0.731. The number of hydrogen-bond donors (Lipinski definition) is 1. The van der Waals surface area contributed by atoms with E-state index in [2.05, 4.69) is 21.2 Å². The van der Waals surface area contributed by atoms with Gasteiger partial charge in [-0.2, -0.15) is 0 Å². The van der Waals surface area contributed by atoms with Crippen LogP contribution in [0.15, 0.2) is 53.0 Å². The number of ether oxygens (including phenoxy) is 1. The maximum absolute atomic E-state index is 12.0. The molecule has 2 rings (SSSR count). The van der Waals surface area contributed by atoms with Crippen molar-refractivity contribution in [1.82, 2.24) is 0 Å². The van der Waals surface area contributed by atoms with Crippen LogP contribution in [0, 0.1) is 0 Å². The largest absolute Gasteiger partial charge is 0.479 e. The van der Waals surface area contributed by atoms with Gasteiger partial charge in [0.05, 0.1) is 5.02 Å². The second-order valence-electron chi connectivity index (χ2n) is 4.19. The molecule has 1 amide bonds. The highest BCUT2D eigenvalue weighted by atomic mass is 79.9. The van der Waals surface area contributed by atoms with Crippen LogP contribution in [0.3, 0.4) is 0 Å². The first-order chi connectivity index (χ1) is 9.56. The lowest BCUT2D eigenvalue weighted by Crippen LogP contribution is -2.30. The van der Waals surface area contributed by atoms with E-state index in [1.165, 1.54) is 0 Å². The third-order valence-corrected chi connectivity index (χ3v) is 3.40. The van der Waals surface area contributed by atoms with Crippen molar-refractivity contribution in [3.63, 3.8) is 0 Å². The Morgan fingerprint density at radius 2 is 1.95 bits per heavy atom. The number of carbonyl (C=O) groups excluding carboxylic acids is 1. The fourth-order valence-corrected chi connectivity index (χ4v) is 2.30. The Hall–Kier alpha value is -1.52. The molecule has 20 heavy (non-hydrogen) atoms. The third kappa shape index (κ3) is 3.99. The van der Waals surface area contributed by atoms with Gasteiger partial charge in [-0.25, -0.2) is 0 Å². The van der Waals surface area contributed by atoms with Crippen LogP contribution in [0.5, 0.6) is 5.75 Å². The van der Waals surface area contributed by atoms with E-state index >= 15 is 0 Å². The molecule has 0 aliphatic rings. The highest BCUT2D eigenvalue weighted by Gasteiger charge is 2.16. The molecule has 0 aliphatic carbocycles. The van der Waals surface area contributed by atoms with Crippen LogP contribution in [-0.2, 0) is 4.79 Å². The molecule has 5 heteroatoms. The zero-order valence-electron chi connectivity index (χ0n) is 10.8. The summed E-state index contributed by atoms with van der Waals surface area (Å²) in [4.78, 5) is 12.0. The highest BCUT2D eigenvalue weighted by Crippen LogP contribution is 2.28. The summed E-state index contributed by atoms with van der Waals surface area (Å²) in [6, 6.07) is 14.5. The zero-order chi connectivity index (χ0) is 14.5. The molecule has 1 atom stereocenters. The molecule has 0 heterocycles. The lowest BCUT2D eigenvalue weighted by molar-refractivity contribution is -0.122. The Bertz CT molecular complexity index is 604. The number of hydrogen-bond acceptors (Lipinski definition) is 2. The van der Waals surface area contributed by atoms with Crippen LogP contribution in [0.1, 0.15) is 6.92 Å². The maximum atomic E-state index is 12.0. The summed E-state index contributed by atoms with van der Waals surface area (Å²) in [5, 5.41) is 3.23. The van der Waals surface area contributed by atoms with Crippen LogP contribution in [0.4, 0.5) is 5.69 Å². The maximum Gasteiger partial charge on any atom is 0.265 e. The van der Waals surface area contributed by atoms with E-state index in [9.17, 15) is 4.79 Å². The lowest BCUT2D eigenvalue weighted by atomic mass is 10.3. The average molecular weight is 355 g/mol. The molecule has 0 saturated heterocycles. The van der Waals surface area contributed by atoms with E-state index in [0.717, 1.165) is 10.2 Å². The molecule has 0 fully saturated rings. The van der Waals surface area contributed by atoms with Crippen LogP contribution in [0.2, 0.25) is 5.02 Å². The van der Waals surface area contributed by atoms with Gasteiger partial charge in [0.1, 0.15) is 5.75 Å². The summed E-state index contributed by atoms with van der Waals surface area (Å²) in [6.45, 7) is 1.68. The van der Waals surface area contributed by atoms with Crippen LogP contribution >= 0.6 is 27.5 Å². The molecule has 0 spiro atoms. The van der Waals surface area contributed by atoms with E-state index in [0.29, 0.717) is 10.8 Å². The minimum Gasteiger partial charge on any atom is -0.479 e. The Morgan fingerprint density at radius 3 is 2.60 bits per heavy atom. The summed E-state index contributed by atoms with van der Waals surface area (Å²) >= 11 is 9.37. The van der Waals surface area contributed by atoms with Gasteiger partial charge in [-0.1, -0.05) is 45.7 Å². The van der Waals surface area contributed by atoms with Crippen LogP contribution < -0.4 is 10.1 Å². The van der Waals surface area contributed by atoms with Gasteiger partial charge in [0.2, 0.25) is 0 Å². The summed E-state index contributed by atoms with van der Waals surface area (Å²) < 4.78 is 6.43. The number of nitrogens with one attached hydrogen (secondary N) is 1. The van der Waals surface area contributed by atoms with Gasteiger partial charge < -0.3 is 10.1 Å². The van der Waals surface area contributed by atoms with Crippen molar-refractivity contribution in [3.8, 4) is 5.75 Å². The molecule has 0 radical (unpaired) electrons. The van der Waals surface area contributed by atoms with E-state index in [-0.39, 0.29) is 5.91 Å². The van der Waals surface area contributed by atoms with E-state index in [1.54, 1.807) is 19.1 Å². The Labute approximate surface area is 131 Å². The smallest absolute Gasteiger partial charge is 0.265 e. The number of halogens is 2. The van der Waals surface area contributed by atoms with Gasteiger partial charge in [-0.15, -0.1) is 0 Å². The number of anilines is 1. The zero-order valence-corrected chi connectivity index (χ0v) is 13.1. The summed E-state index contributed by atoms with van der Waals surface area (Å²) in [7, 11) is 0. The molecule has 2 aromatic carbocycles. The fraction of sp³-hybridized carbons (Fsp3) is 0.133. The standard InChI is InChI=1S/C15H13BrClNO2/c1-10(15(19)18-12-5-3-2-4-6-12)20-14-8-7-11(16)9-13(14)17/h2-10H,1H3,(H,18,19). The fourth-order valence-electron chi connectivity index (χ4n) is 1.58. The molecule has 0 bridgehead atoms. The average Bonchev–Trinajstić information content (AvgIpc) is 2.43. The summed E-state index contributed by atoms with van der Waals surface area (Å²) in [6.07, 6.45) is -0.645. The van der Waals surface area contributed by atoms with Gasteiger partial charge in [0.15, 0.2) is 6.10 Å². The van der Waals surface area contributed by atoms with Gasteiger partial charge in [-0.05, 0) is 37.3 Å². The molecule has 0 aliphatic heterocycles. The van der Waals surface area contributed by atoms with E-state index < -0.39 is 6.10 Å². The summed E-state index contributed by atoms with van der Waals surface area (Å²) in [5.74, 6) is 0.251. The molecular weight excluding hydrogens is 342 g/mol. The molecule has 104 valence electrons. The highest BCUT2D eigenvalue weighted by molar-refractivity contribution is 9.10. The second kappa shape index (κ2) is 6.77. The molecule has 3 nitrogen and oxygen atoms in total. The van der Waals surface area contributed by atoms with Crippen molar-refractivity contribution >= 4 is 39.1 Å². The number of benzene rings is 2. The normalized spacial score (nSPS) is 11.8. The first kappa shape index (κ1) is 14.9. The van der Waals surface area contributed by atoms with Crippen molar-refractivity contribution in [2.75, 3.05) is 5.32 Å². The van der Waals surface area contributed by atoms with E-state index in [4.69, 9.17) is 16.3 Å². The van der Waals surface area contributed by atoms with Crippen LogP contribution in [-0.4, -0.2) is 12.0 Å². The topological polar surface area (TPSA) is 38.3 Å². The predicted octanol–water partition coefficient (Wildman–Crippen LogP) is 4.51. The minimum atomic E-state index is -0.645. The molecule has 0 saturated carbocycles. The van der Waals surface area contributed by atoms with Crippen molar-refractivity contribution < 1.29 is 9.53 Å². The monoisotopic (exact) mass is 353 g/mol. The van der Waals surface area contributed by atoms with Crippen molar-refractivity contribution in [2.24, 2.45) is 0 Å². The number of amides is 1. The Morgan fingerprint density at radius 1 is 1.25 bits per heavy atom. The quantitative estimate of drug-likeness (QED) is 0.877. The van der Waals surface area contributed by atoms with Crippen molar-refractivity contribution in [3.05, 3.63) is 58.0 Å². The van der Waals surface area contributed by atoms with Crippen molar-refractivity contribution in [2.45, 2.75) is 13.0 Å². The van der Waals surface area contributed by atoms with Crippen LogP contribution in [0.25, 0.3) is 0 Å². The van der Waals surface area contributed by atoms with Gasteiger partial charge >= 0.3 is 0 Å². The van der Waals surface area contributed by atoms with Crippen molar-refractivity contribution in [1.29, 1.82) is 0 Å². The molecular formula is C15H13BrClNO2. The Kier molecular flexibility index (Phi) is 5.04. The van der Waals surface area contributed by atoms with E-state index in [1.807, 2.05) is 36.4 Å². The molecule has 0 aromatic heterocycles. The number of carbonyl (C=O) groups is 1. The molecule has 1 unspecified atom stereocenters. The van der Waals surface area contributed by atoms with Gasteiger partial charge in [0.25, 0.3) is 5.91 Å². The Balaban J connectivity index is 2.00. The van der Waals surface area contributed by atoms with Gasteiger partial charge in [0, 0.05) is 10.2 Å². The lowest BCUT2D eigenvalue weighted by Gasteiger charge is -2.15. The molecule has 2 aromatic rings. The SMILES string of the molecule is CC(Oc1ccc(Br)cc1Cl)C(=O)Nc1ccccc1.